The van der Waals surface area contributed by atoms with Gasteiger partial charge in [-0.05, 0) is 116 Å². The third-order valence-electron chi connectivity index (χ3n) is 8.24. The summed E-state index contributed by atoms with van der Waals surface area (Å²) < 4.78 is 40.4. The molecule has 0 amide bonds. The summed E-state index contributed by atoms with van der Waals surface area (Å²) >= 11 is 15.7. The van der Waals surface area contributed by atoms with Crippen molar-refractivity contribution in [3.05, 3.63) is 169 Å². The van der Waals surface area contributed by atoms with Gasteiger partial charge in [-0.3, -0.25) is 4.79 Å². The number of carbonyl (C=O) groups excluding carboxylic acids is 2. The molecule has 0 radical (unpaired) electrons. The zero-order valence-corrected chi connectivity index (χ0v) is 32.7. The monoisotopic (exact) mass is 847 g/mol. The highest BCUT2D eigenvalue weighted by Gasteiger charge is 2.18. The van der Waals surface area contributed by atoms with E-state index in [0.717, 1.165) is 28.1 Å². The highest BCUT2D eigenvalue weighted by atomic mass is 79.9. The molecule has 7 nitrogen and oxygen atoms in total. The van der Waals surface area contributed by atoms with Crippen LogP contribution >= 0.6 is 39.1 Å². The van der Waals surface area contributed by atoms with Gasteiger partial charge in [0.05, 0.1) is 16.8 Å². The van der Waals surface area contributed by atoms with Gasteiger partial charge in [-0.1, -0.05) is 63.4 Å². The molecule has 0 aliphatic heterocycles. The summed E-state index contributed by atoms with van der Waals surface area (Å²) in [6.45, 7) is 3.84. The van der Waals surface area contributed by atoms with Crippen molar-refractivity contribution in [1.82, 2.24) is 4.57 Å². The molecule has 6 rings (SSSR count). The molecule has 0 saturated heterocycles. The number of hydrogen-bond acceptors (Lipinski definition) is 5. The molecular formula is C43H34BrCl2F2NO6. The molecule has 5 aromatic carbocycles. The summed E-state index contributed by atoms with van der Waals surface area (Å²) in [6.07, 6.45) is 0.297. The Hall–Kier alpha value is -5.29. The van der Waals surface area contributed by atoms with Crippen molar-refractivity contribution in [2.45, 2.75) is 39.9 Å². The van der Waals surface area contributed by atoms with Crippen LogP contribution in [0, 0.1) is 18.6 Å². The first-order valence-corrected chi connectivity index (χ1v) is 18.4. The summed E-state index contributed by atoms with van der Waals surface area (Å²) in [5, 5.41) is 10.4. The van der Waals surface area contributed by atoms with Crippen molar-refractivity contribution in [3.63, 3.8) is 0 Å². The van der Waals surface area contributed by atoms with Crippen molar-refractivity contribution < 1.29 is 37.7 Å². The second kappa shape index (κ2) is 18.8. The van der Waals surface area contributed by atoms with Crippen molar-refractivity contribution in [2.75, 3.05) is 0 Å². The molecule has 0 fully saturated rings. The molecule has 0 spiro atoms. The lowest BCUT2D eigenvalue weighted by Gasteiger charge is -2.17. The molecular weight excluding hydrogens is 815 g/mol. The summed E-state index contributed by atoms with van der Waals surface area (Å²) in [5.41, 5.74) is 5.30. The largest absolute Gasteiger partial charge is 0.488 e. The summed E-state index contributed by atoms with van der Waals surface area (Å²) in [5.74, 6) is -0.876. The number of ether oxygens (including phenoxy) is 2. The van der Waals surface area contributed by atoms with E-state index in [4.69, 9.17) is 32.7 Å². The Kier molecular flexibility index (Phi) is 14.0. The molecule has 0 aliphatic carbocycles. The van der Waals surface area contributed by atoms with Crippen molar-refractivity contribution in [2.24, 2.45) is 0 Å². The van der Waals surface area contributed by atoms with E-state index in [9.17, 15) is 28.3 Å². The van der Waals surface area contributed by atoms with Gasteiger partial charge in [-0.15, -0.1) is 0 Å². The van der Waals surface area contributed by atoms with Crippen LogP contribution in [0.5, 0.6) is 11.5 Å². The number of rotatable bonds is 13. The quantitative estimate of drug-likeness (QED) is 0.116. The number of halogens is 5. The van der Waals surface area contributed by atoms with E-state index in [-0.39, 0.29) is 54.8 Å². The van der Waals surface area contributed by atoms with Gasteiger partial charge in [-0.2, -0.15) is 0 Å². The first kappa shape index (κ1) is 40.9. The van der Waals surface area contributed by atoms with Crippen molar-refractivity contribution in [1.29, 1.82) is 0 Å². The third kappa shape index (κ3) is 11.4. The molecule has 0 saturated carbocycles. The fourth-order valence-electron chi connectivity index (χ4n) is 5.50. The summed E-state index contributed by atoms with van der Waals surface area (Å²) in [7, 11) is 0. The summed E-state index contributed by atoms with van der Waals surface area (Å²) in [4.78, 5) is 34.8. The number of carboxylic acid groups (broad SMARTS) is 1. The van der Waals surface area contributed by atoms with Gasteiger partial charge in [-0.25, -0.2) is 13.6 Å². The lowest BCUT2D eigenvalue weighted by molar-refractivity contribution is -0.117. The van der Waals surface area contributed by atoms with Crippen LogP contribution in [0.3, 0.4) is 0 Å². The van der Waals surface area contributed by atoms with Gasteiger partial charge < -0.3 is 23.9 Å². The predicted octanol–water partition coefficient (Wildman–Crippen LogP) is 11.9. The van der Waals surface area contributed by atoms with Gasteiger partial charge in [0.1, 0.15) is 42.1 Å². The molecule has 55 heavy (non-hydrogen) atoms. The van der Waals surface area contributed by atoms with E-state index in [0.29, 0.717) is 37.3 Å². The van der Waals surface area contributed by atoms with Crippen LogP contribution in [0.25, 0.3) is 16.9 Å². The van der Waals surface area contributed by atoms with E-state index in [2.05, 4.69) is 15.9 Å². The molecule has 0 bridgehead atoms. The Morgan fingerprint density at radius 3 is 1.85 bits per heavy atom. The maximum Gasteiger partial charge on any atom is 0.335 e. The van der Waals surface area contributed by atoms with Gasteiger partial charge in [0.25, 0.3) is 0 Å². The Morgan fingerprint density at radius 1 is 0.709 bits per heavy atom. The maximum absolute atomic E-state index is 13.2. The molecule has 12 heteroatoms. The second-order valence-corrected chi connectivity index (χ2v) is 14.2. The number of Topliss-reactive ketones (excluding diaryl/α,β-unsaturated/α-hetero) is 2. The number of benzene rings is 5. The Balaban J connectivity index is 0.000000223. The van der Waals surface area contributed by atoms with Crippen molar-refractivity contribution >= 4 is 56.7 Å². The highest BCUT2D eigenvalue weighted by Crippen LogP contribution is 2.37. The minimum atomic E-state index is -1.01. The van der Waals surface area contributed by atoms with E-state index in [1.54, 1.807) is 60.7 Å². The number of aryl methyl sites for hydroxylation is 1. The smallest absolute Gasteiger partial charge is 0.335 e. The number of aromatic nitrogens is 1. The third-order valence-corrected chi connectivity index (χ3v) is 9.17. The topological polar surface area (TPSA) is 94.8 Å². The Morgan fingerprint density at radius 2 is 1.27 bits per heavy atom. The van der Waals surface area contributed by atoms with E-state index < -0.39 is 5.97 Å². The van der Waals surface area contributed by atoms with Crippen LogP contribution in [0.15, 0.2) is 120 Å². The fraction of sp³-hybridized carbons (Fsp3) is 0.140. The standard InChI is InChI=1S/C25H18BrClFNO3.C18H16ClFO3/c1-15-2-8-23(29(15)21-11-17(25(30)31)10-18(26)12-21)22-13-19(27)5-9-24(22)32-14-16-3-6-20(28)7-4-16;1-12(21)2-8-17(22)16-10-14(19)5-9-18(16)23-11-13-3-6-15(20)7-4-13/h2-13H,14H2,1H3,(H,30,31);3-7,9-10H,2,8,11H2,1H3. The van der Waals surface area contributed by atoms with Gasteiger partial charge in [0.15, 0.2) is 5.78 Å². The minimum Gasteiger partial charge on any atom is -0.488 e. The number of ketones is 2. The van der Waals surface area contributed by atoms with Gasteiger partial charge in [0.2, 0.25) is 0 Å². The van der Waals surface area contributed by atoms with Crippen LogP contribution in [0.4, 0.5) is 8.78 Å². The highest BCUT2D eigenvalue weighted by molar-refractivity contribution is 9.10. The predicted molar refractivity (Wildman–Crippen MR) is 213 cm³/mol. The Labute approximate surface area is 335 Å². The molecule has 1 N–H and O–H groups in total. The fourth-order valence-corrected chi connectivity index (χ4v) is 6.33. The first-order chi connectivity index (χ1) is 26.3. The molecule has 282 valence electrons. The van der Waals surface area contributed by atoms with Crippen LogP contribution in [-0.2, 0) is 18.0 Å². The normalized spacial score (nSPS) is 10.7. The van der Waals surface area contributed by atoms with Crippen molar-refractivity contribution in [3.8, 4) is 28.4 Å². The van der Waals surface area contributed by atoms with E-state index >= 15 is 0 Å². The molecule has 0 aliphatic rings. The number of carbonyl (C=O) groups is 3. The summed E-state index contributed by atoms with van der Waals surface area (Å²) in [6, 6.07) is 31.1. The minimum absolute atomic E-state index is 0.0471. The Bertz CT molecular complexity index is 2330. The SMILES string of the molecule is CC(=O)CCC(=O)c1cc(Cl)ccc1OCc1ccc(F)cc1.Cc1ccc(-c2cc(Cl)ccc2OCc2ccc(F)cc2)n1-c1cc(Br)cc(C(=O)O)c1. The van der Waals surface area contributed by atoms with Crippen LogP contribution < -0.4 is 9.47 Å². The molecule has 1 heterocycles. The zero-order valence-electron chi connectivity index (χ0n) is 29.6. The van der Waals surface area contributed by atoms with Crippen LogP contribution in [0.2, 0.25) is 10.0 Å². The van der Waals surface area contributed by atoms with Gasteiger partial charge in [0, 0.05) is 44.3 Å². The number of aromatic carboxylic acids is 1. The molecule has 0 atom stereocenters. The molecule has 0 unspecified atom stereocenters. The van der Waals surface area contributed by atoms with E-state index in [1.807, 2.05) is 35.8 Å². The molecule has 1 aromatic heterocycles. The maximum atomic E-state index is 13.2. The second-order valence-electron chi connectivity index (χ2n) is 12.4. The number of carboxylic acids is 1. The zero-order chi connectivity index (χ0) is 39.6. The lowest BCUT2D eigenvalue weighted by atomic mass is 10.0. The molecule has 6 aromatic rings. The average molecular weight is 850 g/mol. The van der Waals surface area contributed by atoms with E-state index in [1.165, 1.54) is 37.3 Å². The number of nitrogens with zero attached hydrogens (tertiary/aromatic N) is 1. The number of hydrogen-bond donors (Lipinski definition) is 1. The van der Waals surface area contributed by atoms with Crippen LogP contribution in [0.1, 0.15) is 57.3 Å². The first-order valence-electron chi connectivity index (χ1n) is 16.9. The lowest BCUT2D eigenvalue weighted by Crippen LogP contribution is -2.06. The average Bonchev–Trinajstić information content (AvgIpc) is 3.55. The van der Waals surface area contributed by atoms with Gasteiger partial charge >= 0.3 is 5.97 Å². The van der Waals surface area contributed by atoms with Crippen LogP contribution in [-0.4, -0.2) is 27.2 Å².